The fourth-order valence-electron chi connectivity index (χ4n) is 3.91. The number of hydrogen-bond donors (Lipinski definition) is 1. The highest BCUT2D eigenvalue weighted by Gasteiger charge is 2.29. The minimum atomic E-state index is 0. The first-order valence-corrected chi connectivity index (χ1v) is 11.1. The topological polar surface area (TPSA) is 56.9 Å². The van der Waals surface area contributed by atoms with Gasteiger partial charge in [-0.25, -0.2) is 4.98 Å². The molecule has 3 heterocycles. The number of thioether (sulfide) groups is 1. The maximum absolute atomic E-state index is 5.73. The van der Waals surface area contributed by atoms with Gasteiger partial charge in [0.25, 0.3) is 0 Å². The van der Waals surface area contributed by atoms with Gasteiger partial charge in [0.15, 0.2) is 5.96 Å². The van der Waals surface area contributed by atoms with Crippen molar-refractivity contribution in [1.82, 2.24) is 20.1 Å². The number of likely N-dealkylation sites (tertiary alicyclic amines) is 1. The lowest BCUT2D eigenvalue weighted by atomic mass is 9.97. The molecule has 0 unspecified atom stereocenters. The summed E-state index contributed by atoms with van der Waals surface area (Å²) >= 11 is 2.06. The number of aliphatic imine (C=N–C) groups is 1. The Bertz CT molecular complexity index is 636. The molecule has 160 valence electrons. The molecule has 28 heavy (non-hydrogen) atoms. The highest BCUT2D eigenvalue weighted by molar-refractivity contribution is 14.0. The molecule has 2 aliphatic heterocycles. The summed E-state index contributed by atoms with van der Waals surface area (Å²) < 4.78 is 6.04. The average molecular weight is 522 g/mol. The highest BCUT2D eigenvalue weighted by Crippen LogP contribution is 2.29. The number of oxazole rings is 1. The maximum atomic E-state index is 5.73. The van der Waals surface area contributed by atoms with Gasteiger partial charge in [-0.2, -0.15) is 11.8 Å². The third-order valence-corrected chi connectivity index (χ3v) is 6.92. The van der Waals surface area contributed by atoms with E-state index in [2.05, 4.69) is 50.7 Å². The highest BCUT2D eigenvalue weighted by atomic mass is 127. The maximum Gasteiger partial charge on any atom is 0.208 e. The molecule has 0 bridgehead atoms. The molecule has 2 saturated heterocycles. The van der Waals surface area contributed by atoms with Crippen molar-refractivity contribution in [2.75, 3.05) is 45.5 Å². The molecule has 1 aromatic heterocycles. The van der Waals surface area contributed by atoms with Crippen LogP contribution in [0.15, 0.2) is 9.41 Å². The van der Waals surface area contributed by atoms with Gasteiger partial charge in [0, 0.05) is 37.2 Å². The monoisotopic (exact) mass is 521 g/mol. The standard InChI is InChI=1S/C20H35N5OS.HI/c1-15-16(2)26-18(23-15)13-24-8-6-17(7-9-24)12-22-19(21-5)25-10-11-27-20(3,4)14-25;/h17H,6-14H2,1-5H3,(H,21,22);1H. The van der Waals surface area contributed by atoms with Crippen LogP contribution in [-0.4, -0.2) is 71.0 Å². The Hall–Kier alpha value is -0.480. The molecular formula is C20H36IN5OS. The Morgan fingerprint density at radius 3 is 2.57 bits per heavy atom. The lowest BCUT2D eigenvalue weighted by Crippen LogP contribution is -2.52. The van der Waals surface area contributed by atoms with Crippen molar-refractivity contribution in [1.29, 1.82) is 0 Å². The first-order valence-electron chi connectivity index (χ1n) is 10.1. The van der Waals surface area contributed by atoms with E-state index in [1.54, 1.807) is 0 Å². The van der Waals surface area contributed by atoms with Crippen LogP contribution in [0.4, 0.5) is 0 Å². The SMILES string of the molecule is CN=C(NCC1CCN(Cc2nc(C)c(C)o2)CC1)N1CCSC(C)(C)C1.I. The molecule has 0 aliphatic carbocycles. The first kappa shape index (κ1) is 23.8. The van der Waals surface area contributed by atoms with Crippen LogP contribution in [-0.2, 0) is 6.54 Å². The second-order valence-corrected chi connectivity index (χ2v) is 10.2. The van der Waals surface area contributed by atoms with Crippen LogP contribution in [0.5, 0.6) is 0 Å². The predicted molar refractivity (Wildman–Crippen MR) is 129 cm³/mol. The Morgan fingerprint density at radius 1 is 1.29 bits per heavy atom. The number of rotatable bonds is 4. The molecule has 0 radical (unpaired) electrons. The van der Waals surface area contributed by atoms with E-state index >= 15 is 0 Å². The van der Waals surface area contributed by atoms with Gasteiger partial charge in [0.05, 0.1) is 12.2 Å². The first-order chi connectivity index (χ1) is 12.9. The summed E-state index contributed by atoms with van der Waals surface area (Å²) in [6, 6.07) is 0. The van der Waals surface area contributed by atoms with E-state index in [0.29, 0.717) is 10.7 Å². The smallest absolute Gasteiger partial charge is 0.208 e. The zero-order valence-corrected chi connectivity index (χ0v) is 21.1. The summed E-state index contributed by atoms with van der Waals surface area (Å²) in [5.41, 5.74) is 1.01. The number of guanidine groups is 1. The van der Waals surface area contributed by atoms with Crippen molar-refractivity contribution in [3.63, 3.8) is 0 Å². The molecule has 8 heteroatoms. The summed E-state index contributed by atoms with van der Waals surface area (Å²) in [4.78, 5) is 13.9. The van der Waals surface area contributed by atoms with Crippen molar-refractivity contribution in [3.05, 3.63) is 17.3 Å². The molecule has 1 N–H and O–H groups in total. The van der Waals surface area contributed by atoms with Gasteiger partial charge in [-0.1, -0.05) is 0 Å². The van der Waals surface area contributed by atoms with Crippen molar-refractivity contribution < 1.29 is 4.42 Å². The summed E-state index contributed by atoms with van der Waals surface area (Å²) in [6.07, 6.45) is 2.42. The van der Waals surface area contributed by atoms with E-state index in [1.165, 1.54) is 18.6 Å². The summed E-state index contributed by atoms with van der Waals surface area (Å²) in [5.74, 6) is 4.74. The lowest BCUT2D eigenvalue weighted by Gasteiger charge is -2.39. The Kier molecular flexibility index (Phi) is 8.94. The molecule has 0 saturated carbocycles. The third kappa shape index (κ3) is 6.52. The Morgan fingerprint density at radius 2 is 2.00 bits per heavy atom. The van der Waals surface area contributed by atoms with Crippen LogP contribution in [0, 0.1) is 19.8 Å². The molecule has 2 fully saturated rings. The van der Waals surface area contributed by atoms with Crippen LogP contribution in [0.2, 0.25) is 0 Å². The molecule has 0 amide bonds. The minimum absolute atomic E-state index is 0. The van der Waals surface area contributed by atoms with E-state index in [4.69, 9.17) is 4.42 Å². The van der Waals surface area contributed by atoms with Crippen molar-refractivity contribution >= 4 is 41.7 Å². The molecule has 0 aromatic carbocycles. The summed E-state index contributed by atoms with van der Waals surface area (Å²) in [6.45, 7) is 14.9. The van der Waals surface area contributed by atoms with Crippen LogP contribution in [0.1, 0.15) is 44.0 Å². The number of nitrogens with zero attached hydrogens (tertiary/aromatic N) is 4. The number of aryl methyl sites for hydroxylation is 2. The quantitative estimate of drug-likeness (QED) is 0.372. The average Bonchev–Trinajstić information content (AvgIpc) is 2.93. The van der Waals surface area contributed by atoms with Gasteiger partial charge < -0.3 is 14.6 Å². The fraction of sp³-hybridized carbons (Fsp3) is 0.800. The predicted octanol–water partition coefficient (Wildman–Crippen LogP) is 3.52. The van der Waals surface area contributed by atoms with E-state index in [1.807, 2.05) is 20.9 Å². The largest absolute Gasteiger partial charge is 0.444 e. The molecule has 3 rings (SSSR count). The van der Waals surface area contributed by atoms with Crippen LogP contribution in [0.3, 0.4) is 0 Å². The van der Waals surface area contributed by atoms with Gasteiger partial charge in [-0.15, -0.1) is 24.0 Å². The zero-order valence-electron chi connectivity index (χ0n) is 18.0. The fourth-order valence-corrected chi connectivity index (χ4v) is 5.02. The van der Waals surface area contributed by atoms with E-state index in [0.717, 1.165) is 62.6 Å². The van der Waals surface area contributed by atoms with Crippen molar-refractivity contribution in [2.45, 2.75) is 51.8 Å². The second-order valence-electron chi connectivity index (χ2n) is 8.43. The molecule has 6 nitrogen and oxygen atoms in total. The van der Waals surface area contributed by atoms with Crippen LogP contribution < -0.4 is 5.32 Å². The summed E-state index contributed by atoms with van der Waals surface area (Å²) in [7, 11) is 1.90. The minimum Gasteiger partial charge on any atom is -0.444 e. The van der Waals surface area contributed by atoms with Crippen LogP contribution >= 0.6 is 35.7 Å². The van der Waals surface area contributed by atoms with Gasteiger partial charge in [-0.05, 0) is 59.5 Å². The lowest BCUT2D eigenvalue weighted by molar-refractivity contribution is 0.163. The Labute approximate surface area is 191 Å². The molecule has 0 spiro atoms. The van der Waals surface area contributed by atoms with E-state index in [9.17, 15) is 0 Å². The van der Waals surface area contributed by atoms with Crippen molar-refractivity contribution in [3.8, 4) is 0 Å². The summed E-state index contributed by atoms with van der Waals surface area (Å²) in [5, 5.41) is 3.64. The molecule has 2 aliphatic rings. The number of aromatic nitrogens is 1. The van der Waals surface area contributed by atoms with Crippen molar-refractivity contribution in [2.24, 2.45) is 10.9 Å². The molecule has 1 aromatic rings. The van der Waals surface area contributed by atoms with E-state index in [-0.39, 0.29) is 24.0 Å². The van der Waals surface area contributed by atoms with Crippen LogP contribution in [0.25, 0.3) is 0 Å². The van der Waals surface area contributed by atoms with Gasteiger partial charge in [0.2, 0.25) is 5.89 Å². The zero-order chi connectivity index (χ0) is 19.4. The third-order valence-electron chi connectivity index (χ3n) is 5.62. The number of piperidine rings is 1. The number of halogens is 1. The molecule has 0 atom stereocenters. The van der Waals surface area contributed by atoms with Gasteiger partial charge in [0.1, 0.15) is 5.76 Å². The number of hydrogen-bond acceptors (Lipinski definition) is 5. The second kappa shape index (κ2) is 10.5. The molecular weight excluding hydrogens is 485 g/mol. The van der Waals surface area contributed by atoms with Gasteiger partial charge in [-0.3, -0.25) is 9.89 Å². The van der Waals surface area contributed by atoms with E-state index < -0.39 is 0 Å². The normalized spacial score (nSPS) is 21.5. The Balaban J connectivity index is 0.00000280. The number of nitrogens with one attached hydrogen (secondary N) is 1. The van der Waals surface area contributed by atoms with Gasteiger partial charge >= 0.3 is 0 Å².